The fourth-order valence-electron chi connectivity index (χ4n) is 0.701. The molecule has 5 heteroatoms. The van der Waals surface area contributed by atoms with E-state index in [-0.39, 0.29) is 29.5 Å². The number of hydrogen-bond donors (Lipinski definition) is 2. The van der Waals surface area contributed by atoms with Gasteiger partial charge < -0.3 is 5.43 Å². The summed E-state index contributed by atoms with van der Waals surface area (Å²) < 4.78 is 12.6. The Morgan fingerprint density at radius 1 is 1.50 bits per heavy atom. The molecule has 0 aliphatic carbocycles. The number of nitrogen functional groups attached to an aromatic ring is 1. The van der Waals surface area contributed by atoms with Gasteiger partial charge in [-0.25, -0.2) is 4.39 Å². The molecule has 0 unspecified atom stereocenters. The zero-order valence-electron chi connectivity index (χ0n) is 6.13. The average molecular weight is 270 g/mol. The van der Waals surface area contributed by atoms with E-state index in [1.165, 1.54) is 18.2 Å². The second kappa shape index (κ2) is 4.95. The molecule has 0 aliphatic rings. The smallest absolute Gasteiger partial charge is 0.141 e. The first kappa shape index (κ1) is 11.2. The maximum absolute atomic E-state index is 12.6. The molecule has 3 nitrogen and oxygen atoms in total. The van der Waals surface area contributed by atoms with Crippen LogP contribution in [0.4, 0.5) is 10.1 Å². The molecule has 0 fully saturated rings. The second-order valence-corrected chi connectivity index (χ2v) is 1.95. The van der Waals surface area contributed by atoms with Crippen molar-refractivity contribution < 1.29 is 4.39 Å². The molecular formula is C7H6FN3Sn. The molecule has 0 saturated heterocycles. The third-order valence-corrected chi connectivity index (χ3v) is 1.25. The van der Waals surface area contributed by atoms with Gasteiger partial charge in [0, 0.05) is 29.6 Å². The number of nitriles is 1. The molecule has 60 valence electrons. The van der Waals surface area contributed by atoms with Crippen molar-refractivity contribution in [3.05, 3.63) is 29.6 Å². The van der Waals surface area contributed by atoms with Crippen LogP contribution >= 0.6 is 0 Å². The molecule has 0 heterocycles. The molecule has 0 amide bonds. The van der Waals surface area contributed by atoms with E-state index in [1.54, 1.807) is 6.07 Å². The van der Waals surface area contributed by atoms with Crippen molar-refractivity contribution in [2.75, 3.05) is 5.43 Å². The molecule has 0 aliphatic heterocycles. The van der Waals surface area contributed by atoms with Crippen molar-refractivity contribution in [2.45, 2.75) is 0 Å². The van der Waals surface area contributed by atoms with Gasteiger partial charge in [0.25, 0.3) is 0 Å². The first-order chi connectivity index (χ1) is 5.27. The number of hydrogen-bond acceptors (Lipinski definition) is 3. The van der Waals surface area contributed by atoms with Crippen molar-refractivity contribution in [1.29, 1.82) is 5.26 Å². The third-order valence-electron chi connectivity index (χ3n) is 1.25. The topological polar surface area (TPSA) is 61.8 Å². The van der Waals surface area contributed by atoms with Crippen molar-refractivity contribution in [3.8, 4) is 6.07 Å². The summed E-state index contributed by atoms with van der Waals surface area (Å²) in [5.41, 5.74) is 2.81. The summed E-state index contributed by atoms with van der Waals surface area (Å²) in [6.07, 6.45) is 0. The first-order valence-electron chi connectivity index (χ1n) is 2.94. The normalized spacial score (nSPS) is 8.08. The van der Waals surface area contributed by atoms with Crippen LogP contribution in [0.25, 0.3) is 0 Å². The predicted molar refractivity (Wildman–Crippen MR) is 44.7 cm³/mol. The Kier molecular flexibility index (Phi) is 4.62. The van der Waals surface area contributed by atoms with Gasteiger partial charge in [0.05, 0.1) is 5.56 Å². The van der Waals surface area contributed by atoms with Gasteiger partial charge >= 0.3 is 0 Å². The minimum atomic E-state index is -0.536. The number of benzene rings is 1. The molecule has 1 aromatic rings. The predicted octanol–water partition coefficient (Wildman–Crippen LogP) is 0.602. The van der Waals surface area contributed by atoms with E-state index in [4.69, 9.17) is 11.1 Å². The molecule has 0 saturated carbocycles. The third kappa shape index (κ3) is 2.36. The molecule has 1 rings (SSSR count). The van der Waals surface area contributed by atoms with Gasteiger partial charge in [-0.3, -0.25) is 5.84 Å². The van der Waals surface area contributed by atoms with Gasteiger partial charge in [0.15, 0.2) is 0 Å². The van der Waals surface area contributed by atoms with Crippen LogP contribution in [-0.4, -0.2) is 23.9 Å². The van der Waals surface area contributed by atoms with Crippen LogP contribution in [0.2, 0.25) is 0 Å². The minimum Gasteiger partial charge on any atom is -0.324 e. The Bertz CT molecular complexity index is 308. The Balaban J connectivity index is 0.00000121. The summed E-state index contributed by atoms with van der Waals surface area (Å²) in [4.78, 5) is 0. The quantitative estimate of drug-likeness (QED) is 0.446. The summed E-state index contributed by atoms with van der Waals surface area (Å²) in [5, 5.41) is 8.38. The monoisotopic (exact) mass is 271 g/mol. The Morgan fingerprint density at radius 2 is 2.17 bits per heavy atom. The molecule has 4 radical (unpaired) electrons. The molecular weight excluding hydrogens is 264 g/mol. The molecule has 0 atom stereocenters. The van der Waals surface area contributed by atoms with Crippen LogP contribution < -0.4 is 11.3 Å². The molecule has 0 aromatic heterocycles. The van der Waals surface area contributed by atoms with Gasteiger partial charge in [-0.2, -0.15) is 5.26 Å². The standard InChI is InChI=1S/C7H6FN3.Sn/c8-7-2-1-6(11-10)3-5(7)4-9;/h1-3,11H,10H2;. The number of nitrogens with one attached hydrogen (secondary N) is 1. The molecule has 1 aromatic carbocycles. The van der Waals surface area contributed by atoms with Gasteiger partial charge in [-0.1, -0.05) is 0 Å². The zero-order chi connectivity index (χ0) is 8.27. The summed E-state index contributed by atoms with van der Waals surface area (Å²) in [6, 6.07) is 5.68. The van der Waals surface area contributed by atoms with E-state index in [0.29, 0.717) is 5.69 Å². The Morgan fingerprint density at radius 3 is 2.67 bits per heavy atom. The molecule has 3 N–H and O–H groups in total. The van der Waals surface area contributed by atoms with E-state index >= 15 is 0 Å². The maximum atomic E-state index is 12.6. The number of halogens is 1. The number of anilines is 1. The van der Waals surface area contributed by atoms with Gasteiger partial charge in [0.2, 0.25) is 0 Å². The van der Waals surface area contributed by atoms with E-state index < -0.39 is 5.82 Å². The fraction of sp³-hybridized carbons (Fsp3) is 0. The Hall–Kier alpha value is -0.801. The Labute approximate surface area is 86.3 Å². The maximum Gasteiger partial charge on any atom is 0.141 e. The van der Waals surface area contributed by atoms with Crippen LogP contribution in [0.5, 0.6) is 0 Å². The number of hydrazine groups is 1. The van der Waals surface area contributed by atoms with Crippen molar-refractivity contribution in [1.82, 2.24) is 0 Å². The van der Waals surface area contributed by atoms with Crippen LogP contribution in [0.15, 0.2) is 18.2 Å². The number of nitrogens with two attached hydrogens (primary N) is 1. The van der Waals surface area contributed by atoms with Crippen LogP contribution in [0, 0.1) is 17.1 Å². The molecule has 12 heavy (non-hydrogen) atoms. The van der Waals surface area contributed by atoms with E-state index in [9.17, 15) is 4.39 Å². The van der Waals surface area contributed by atoms with E-state index in [1.807, 2.05) is 0 Å². The zero-order valence-corrected chi connectivity index (χ0v) is 8.99. The van der Waals surface area contributed by atoms with E-state index in [0.717, 1.165) is 0 Å². The summed E-state index contributed by atoms with van der Waals surface area (Å²) >= 11 is 0. The number of nitrogens with zero attached hydrogens (tertiary/aromatic N) is 1. The largest absolute Gasteiger partial charge is 0.324 e. The van der Waals surface area contributed by atoms with Gasteiger partial charge in [0.1, 0.15) is 11.9 Å². The van der Waals surface area contributed by atoms with E-state index in [2.05, 4.69) is 5.43 Å². The van der Waals surface area contributed by atoms with Crippen molar-refractivity contribution >= 4 is 29.6 Å². The van der Waals surface area contributed by atoms with Crippen LogP contribution in [-0.2, 0) is 0 Å². The summed E-state index contributed by atoms with van der Waals surface area (Å²) in [7, 11) is 0. The van der Waals surface area contributed by atoms with Gasteiger partial charge in [-0.05, 0) is 18.2 Å². The molecule has 0 bridgehead atoms. The number of rotatable bonds is 1. The summed E-state index contributed by atoms with van der Waals surface area (Å²) in [6.45, 7) is 0. The van der Waals surface area contributed by atoms with Gasteiger partial charge in [-0.15, -0.1) is 0 Å². The molecule has 0 spiro atoms. The van der Waals surface area contributed by atoms with Crippen LogP contribution in [0.3, 0.4) is 0 Å². The average Bonchev–Trinajstić information content (AvgIpc) is 2.05. The van der Waals surface area contributed by atoms with Crippen molar-refractivity contribution in [2.24, 2.45) is 5.84 Å². The van der Waals surface area contributed by atoms with Crippen LogP contribution in [0.1, 0.15) is 5.56 Å². The van der Waals surface area contributed by atoms with Crippen molar-refractivity contribution in [3.63, 3.8) is 0 Å². The SMILES string of the molecule is N#Cc1cc(NN)ccc1F.[Sn]. The summed E-state index contributed by atoms with van der Waals surface area (Å²) in [5.74, 6) is 4.51. The fourth-order valence-corrected chi connectivity index (χ4v) is 0.701. The second-order valence-electron chi connectivity index (χ2n) is 1.95. The first-order valence-corrected chi connectivity index (χ1v) is 2.94. The minimum absolute atomic E-state index is 0.